The summed E-state index contributed by atoms with van der Waals surface area (Å²) in [6, 6.07) is 6.38. The van der Waals surface area contributed by atoms with Gasteiger partial charge >= 0.3 is 11.7 Å². The lowest BCUT2D eigenvalue weighted by Crippen LogP contribution is -2.25. The fourth-order valence-corrected chi connectivity index (χ4v) is 3.71. The Morgan fingerprint density at radius 2 is 1.88 bits per heavy atom. The molecule has 1 aromatic heterocycles. The van der Waals surface area contributed by atoms with Crippen LogP contribution < -0.4 is 15.1 Å². The van der Waals surface area contributed by atoms with Crippen LogP contribution in [0, 0.1) is 11.6 Å². The number of benzene rings is 2. The smallest absolute Gasteiger partial charge is 0.414 e. The summed E-state index contributed by atoms with van der Waals surface area (Å²) < 4.78 is 62.6. The average Bonchev–Trinajstić information content (AvgIpc) is 2.72. The van der Waals surface area contributed by atoms with E-state index >= 15 is 4.39 Å². The standard InChI is InChI=1S/C22H23F2N3O6S/c1-26(2)11-15-14(8-12-6-5-7-17(20(12)24)25-34(30)31)21(28)33-18-10-13(9-16(23)19(15)18)32-22(29)27(3)4/h5-7,9-10,25H,8,11H2,1-4H3,(H,30,31). The highest BCUT2D eigenvalue weighted by molar-refractivity contribution is 7.80. The van der Waals surface area contributed by atoms with Crippen LogP contribution >= 0.6 is 0 Å². The molecular formula is C22H23F2N3O6S. The fourth-order valence-electron chi connectivity index (χ4n) is 3.37. The molecule has 3 rings (SSSR count). The van der Waals surface area contributed by atoms with Crippen molar-refractivity contribution < 1.29 is 31.5 Å². The highest BCUT2D eigenvalue weighted by Gasteiger charge is 2.22. The minimum Gasteiger partial charge on any atom is -0.422 e. The zero-order valence-corrected chi connectivity index (χ0v) is 19.7. The maximum Gasteiger partial charge on any atom is 0.414 e. The van der Waals surface area contributed by atoms with Gasteiger partial charge in [0.2, 0.25) is 0 Å². The third-order valence-electron chi connectivity index (χ3n) is 4.83. The first-order valence-electron chi connectivity index (χ1n) is 9.94. The van der Waals surface area contributed by atoms with Crippen LogP contribution in [-0.4, -0.2) is 52.8 Å². The van der Waals surface area contributed by atoms with Crippen molar-refractivity contribution in [2.45, 2.75) is 13.0 Å². The van der Waals surface area contributed by atoms with Gasteiger partial charge in [0.25, 0.3) is 11.3 Å². The molecule has 2 N–H and O–H groups in total. The average molecular weight is 496 g/mol. The van der Waals surface area contributed by atoms with Gasteiger partial charge in [-0.15, -0.1) is 0 Å². The van der Waals surface area contributed by atoms with Crippen LogP contribution in [0.25, 0.3) is 11.0 Å². The van der Waals surface area contributed by atoms with E-state index in [4.69, 9.17) is 13.7 Å². The zero-order valence-electron chi connectivity index (χ0n) is 18.8. The number of carbonyl (C=O) groups excluding carboxylic acids is 1. The van der Waals surface area contributed by atoms with Gasteiger partial charge < -0.3 is 19.0 Å². The summed E-state index contributed by atoms with van der Waals surface area (Å²) in [7, 11) is 6.36. The van der Waals surface area contributed by atoms with Gasteiger partial charge in [-0.2, -0.15) is 0 Å². The largest absolute Gasteiger partial charge is 0.422 e. The third kappa shape index (κ3) is 5.58. The maximum atomic E-state index is 15.2. The van der Waals surface area contributed by atoms with E-state index in [1.54, 1.807) is 19.0 Å². The Bertz CT molecular complexity index is 1330. The first-order chi connectivity index (χ1) is 16.0. The molecule has 1 atom stereocenters. The lowest BCUT2D eigenvalue weighted by atomic mass is 9.97. The van der Waals surface area contributed by atoms with Crippen LogP contribution in [0.2, 0.25) is 0 Å². The molecule has 0 saturated carbocycles. The molecule has 0 spiro atoms. The first-order valence-corrected chi connectivity index (χ1v) is 11.1. The lowest BCUT2D eigenvalue weighted by Gasteiger charge is -2.17. The molecule has 9 nitrogen and oxygen atoms in total. The van der Waals surface area contributed by atoms with Crippen LogP contribution in [0.5, 0.6) is 5.75 Å². The summed E-state index contributed by atoms with van der Waals surface area (Å²) in [4.78, 5) is 27.6. The van der Waals surface area contributed by atoms with Gasteiger partial charge in [-0.25, -0.2) is 22.6 Å². The van der Waals surface area contributed by atoms with Gasteiger partial charge in [-0.3, -0.25) is 9.27 Å². The van der Waals surface area contributed by atoms with Gasteiger partial charge in [-0.05, 0) is 31.3 Å². The number of nitrogens with zero attached hydrogens (tertiary/aromatic N) is 2. The van der Waals surface area contributed by atoms with Gasteiger partial charge in [0.15, 0.2) is 5.82 Å². The van der Waals surface area contributed by atoms with E-state index in [9.17, 15) is 18.2 Å². The molecule has 12 heteroatoms. The number of fused-ring (bicyclic) bond motifs is 1. The van der Waals surface area contributed by atoms with E-state index < -0.39 is 34.6 Å². The summed E-state index contributed by atoms with van der Waals surface area (Å²) in [5.41, 5.74) is -0.820. The monoisotopic (exact) mass is 495 g/mol. The third-order valence-corrected chi connectivity index (χ3v) is 5.23. The van der Waals surface area contributed by atoms with Gasteiger partial charge in [0.05, 0.1) is 11.1 Å². The molecule has 1 amide bonds. The van der Waals surface area contributed by atoms with Crippen LogP contribution in [0.15, 0.2) is 39.5 Å². The van der Waals surface area contributed by atoms with Crippen LogP contribution in [0.3, 0.4) is 0 Å². The molecule has 0 bridgehead atoms. The lowest BCUT2D eigenvalue weighted by molar-refractivity contribution is 0.172. The summed E-state index contributed by atoms with van der Waals surface area (Å²) in [6.45, 7) is 0.130. The number of halogens is 2. The number of carbonyl (C=O) groups is 1. The number of hydrogen-bond donors (Lipinski definition) is 2. The molecule has 3 aromatic rings. The van der Waals surface area contributed by atoms with Crippen molar-refractivity contribution in [1.29, 1.82) is 0 Å². The SMILES string of the molecule is CN(C)Cc1c(Cc2cccc(NS(=O)O)c2F)c(=O)oc2cc(OC(=O)N(C)C)cc(F)c12. The predicted octanol–water partition coefficient (Wildman–Crippen LogP) is 3.33. The Morgan fingerprint density at radius 3 is 2.50 bits per heavy atom. The second-order valence-corrected chi connectivity index (χ2v) is 8.63. The quantitative estimate of drug-likeness (QED) is 0.382. The topological polar surface area (TPSA) is 112 Å². The molecule has 182 valence electrons. The van der Waals surface area contributed by atoms with Crippen molar-refractivity contribution in [2.24, 2.45) is 0 Å². The molecule has 34 heavy (non-hydrogen) atoms. The van der Waals surface area contributed by atoms with Gasteiger partial charge in [0.1, 0.15) is 17.1 Å². The van der Waals surface area contributed by atoms with Crippen molar-refractivity contribution in [3.05, 3.63) is 69.1 Å². The molecule has 0 aliphatic carbocycles. The minimum atomic E-state index is -2.49. The Kier molecular flexibility index (Phi) is 7.64. The maximum absolute atomic E-state index is 15.2. The number of anilines is 1. The Hall–Kier alpha value is -3.35. The van der Waals surface area contributed by atoms with E-state index in [1.165, 1.54) is 38.4 Å². The molecule has 0 aliphatic heterocycles. The highest BCUT2D eigenvalue weighted by Crippen LogP contribution is 2.30. The molecule has 2 aromatic carbocycles. The Labute approximate surface area is 196 Å². The molecule has 0 aliphatic rings. The number of amides is 1. The number of hydrogen-bond acceptors (Lipinski definition) is 6. The number of ether oxygens (including phenoxy) is 1. The Morgan fingerprint density at radius 1 is 1.18 bits per heavy atom. The summed E-state index contributed by atoms with van der Waals surface area (Å²) in [6.07, 6.45) is -0.989. The molecular weight excluding hydrogens is 472 g/mol. The fraction of sp³-hybridized carbons (Fsp3) is 0.273. The van der Waals surface area contributed by atoms with Crippen LogP contribution in [0.4, 0.5) is 19.3 Å². The van der Waals surface area contributed by atoms with Crippen molar-refractivity contribution in [1.82, 2.24) is 9.80 Å². The summed E-state index contributed by atoms with van der Waals surface area (Å²) in [5, 5.41) is -0.000832. The second kappa shape index (κ2) is 10.3. The molecule has 0 saturated heterocycles. The van der Waals surface area contributed by atoms with E-state index in [-0.39, 0.29) is 52.1 Å². The van der Waals surface area contributed by atoms with Crippen molar-refractivity contribution in [3.8, 4) is 5.75 Å². The predicted molar refractivity (Wildman–Crippen MR) is 123 cm³/mol. The molecule has 0 fully saturated rings. The first kappa shape index (κ1) is 25.3. The molecule has 1 heterocycles. The summed E-state index contributed by atoms with van der Waals surface area (Å²) in [5.74, 6) is -1.75. The number of rotatable bonds is 7. The normalized spacial score (nSPS) is 12.1. The molecule has 1 unspecified atom stereocenters. The highest BCUT2D eigenvalue weighted by atomic mass is 32.2. The second-order valence-electron chi connectivity index (χ2n) is 7.93. The molecule has 0 radical (unpaired) electrons. The van der Waals surface area contributed by atoms with Gasteiger partial charge in [0, 0.05) is 44.8 Å². The number of nitrogens with one attached hydrogen (secondary N) is 1. The van der Waals surface area contributed by atoms with E-state index in [0.29, 0.717) is 0 Å². The van der Waals surface area contributed by atoms with Gasteiger partial charge in [-0.1, -0.05) is 12.1 Å². The van der Waals surface area contributed by atoms with Crippen molar-refractivity contribution >= 4 is 34.0 Å². The van der Waals surface area contributed by atoms with Crippen LogP contribution in [-0.2, 0) is 24.2 Å². The van der Waals surface area contributed by atoms with Crippen molar-refractivity contribution in [3.63, 3.8) is 0 Å². The van der Waals surface area contributed by atoms with Crippen LogP contribution in [0.1, 0.15) is 16.7 Å². The van der Waals surface area contributed by atoms with E-state index in [1.807, 2.05) is 0 Å². The minimum absolute atomic E-state index is 0.000832. The van der Waals surface area contributed by atoms with E-state index in [0.717, 1.165) is 11.0 Å². The van der Waals surface area contributed by atoms with E-state index in [2.05, 4.69) is 4.72 Å². The van der Waals surface area contributed by atoms with Crippen molar-refractivity contribution in [2.75, 3.05) is 32.9 Å². The summed E-state index contributed by atoms with van der Waals surface area (Å²) >= 11 is -2.49. The zero-order chi connectivity index (χ0) is 25.2. The Balaban J connectivity index is 2.17.